The Morgan fingerprint density at radius 2 is 0.982 bits per heavy atom. The van der Waals surface area contributed by atoms with Crippen LogP contribution in [0.1, 0.15) is 181 Å². The summed E-state index contributed by atoms with van der Waals surface area (Å²) in [6.45, 7) is 4.12. The number of hydrogen-bond donors (Lipinski definition) is 2. The molecule has 9 nitrogen and oxygen atoms in total. The Bertz CT molecular complexity index is 1100. The first-order valence-electron chi connectivity index (χ1n) is 22.2. The first kappa shape index (κ1) is 53.7. The molecule has 2 N–H and O–H groups in total. The number of hydrogen-bond acceptors (Lipinski definition) is 8. The van der Waals surface area contributed by atoms with Gasteiger partial charge in [0.15, 0.2) is 6.10 Å². The zero-order valence-corrected chi connectivity index (χ0v) is 36.7. The van der Waals surface area contributed by atoms with Crippen molar-refractivity contribution in [2.75, 3.05) is 33.4 Å². The molecule has 10 heteroatoms. The van der Waals surface area contributed by atoms with E-state index in [0.717, 1.165) is 51.4 Å². The second-order valence-corrected chi connectivity index (χ2v) is 16.0. The quantitative estimate of drug-likeness (QED) is 0.0269. The third-order valence-corrected chi connectivity index (χ3v) is 10.1. The van der Waals surface area contributed by atoms with Crippen molar-refractivity contribution in [1.29, 1.82) is 0 Å². The first-order valence-corrected chi connectivity index (χ1v) is 23.7. The van der Waals surface area contributed by atoms with Crippen molar-refractivity contribution < 1.29 is 37.6 Å². The molecule has 0 saturated carbocycles. The largest absolute Gasteiger partial charge is 0.472 e. The summed E-state index contributed by atoms with van der Waals surface area (Å²) in [4.78, 5) is 35.1. The SMILES string of the molecule is CCCCC/C=C\C/C=C\C/C=C\C/C=C\CCCC(=O)OCC(COP(=O)(O)OCCNC)OC(=O)CCCCCCCCC/C=C\CCCCCCCC. The summed E-state index contributed by atoms with van der Waals surface area (Å²) in [5, 5.41) is 2.82. The third kappa shape index (κ3) is 41.3. The number of unbranched alkanes of at least 4 members (excludes halogenated alkanes) is 17. The van der Waals surface area contributed by atoms with Gasteiger partial charge in [-0.3, -0.25) is 18.6 Å². The molecule has 0 spiro atoms. The molecule has 56 heavy (non-hydrogen) atoms. The summed E-state index contributed by atoms with van der Waals surface area (Å²) < 4.78 is 33.1. The Hall–Kier alpha value is -2.29. The van der Waals surface area contributed by atoms with Crippen molar-refractivity contribution in [1.82, 2.24) is 5.32 Å². The number of carbonyl (C=O) groups is 2. The zero-order chi connectivity index (χ0) is 41.1. The maximum atomic E-state index is 12.6. The third-order valence-electron chi connectivity index (χ3n) is 9.11. The van der Waals surface area contributed by atoms with Gasteiger partial charge in [0.25, 0.3) is 0 Å². The molecular weight excluding hydrogens is 725 g/mol. The Morgan fingerprint density at radius 3 is 1.54 bits per heavy atom. The van der Waals surface area contributed by atoms with Crippen LogP contribution in [0.5, 0.6) is 0 Å². The summed E-state index contributed by atoms with van der Waals surface area (Å²) in [7, 11) is -2.67. The molecule has 0 aliphatic heterocycles. The van der Waals surface area contributed by atoms with Crippen LogP contribution in [0.3, 0.4) is 0 Å². The lowest BCUT2D eigenvalue weighted by molar-refractivity contribution is -0.161. The summed E-state index contributed by atoms with van der Waals surface area (Å²) in [6.07, 6.45) is 48.4. The second kappa shape index (κ2) is 42.3. The van der Waals surface area contributed by atoms with Crippen LogP contribution in [0.15, 0.2) is 60.8 Å². The van der Waals surface area contributed by atoms with E-state index in [1.165, 1.54) is 89.9 Å². The van der Waals surface area contributed by atoms with E-state index in [1.807, 2.05) is 0 Å². The fraction of sp³-hybridized carbons (Fsp3) is 0.739. The molecule has 0 amide bonds. The molecule has 0 rings (SSSR count). The highest BCUT2D eigenvalue weighted by atomic mass is 31.2. The molecule has 0 aliphatic carbocycles. The number of phosphoric acid groups is 1. The molecule has 0 aromatic heterocycles. The van der Waals surface area contributed by atoms with Gasteiger partial charge in [0.05, 0.1) is 13.2 Å². The molecule has 0 saturated heterocycles. The van der Waals surface area contributed by atoms with Crippen molar-refractivity contribution in [3.05, 3.63) is 60.8 Å². The molecule has 0 heterocycles. The Kier molecular flexibility index (Phi) is 40.6. The summed E-state index contributed by atoms with van der Waals surface area (Å²) in [6, 6.07) is 0. The number of esters is 2. The highest BCUT2D eigenvalue weighted by Gasteiger charge is 2.26. The maximum absolute atomic E-state index is 12.6. The predicted molar refractivity (Wildman–Crippen MR) is 234 cm³/mol. The summed E-state index contributed by atoms with van der Waals surface area (Å²) in [5.74, 6) is -0.879. The number of rotatable bonds is 41. The van der Waals surface area contributed by atoms with Crippen LogP contribution >= 0.6 is 7.82 Å². The van der Waals surface area contributed by atoms with E-state index >= 15 is 0 Å². The fourth-order valence-electron chi connectivity index (χ4n) is 5.72. The lowest BCUT2D eigenvalue weighted by Gasteiger charge is -2.20. The van der Waals surface area contributed by atoms with Crippen LogP contribution in [0.2, 0.25) is 0 Å². The van der Waals surface area contributed by atoms with Gasteiger partial charge in [-0.2, -0.15) is 0 Å². The van der Waals surface area contributed by atoms with Crippen LogP contribution in [0.4, 0.5) is 0 Å². The van der Waals surface area contributed by atoms with Gasteiger partial charge in [0.1, 0.15) is 6.61 Å². The van der Waals surface area contributed by atoms with Gasteiger partial charge in [-0.1, -0.05) is 152 Å². The molecule has 0 bridgehead atoms. The highest BCUT2D eigenvalue weighted by molar-refractivity contribution is 7.47. The number of carbonyl (C=O) groups excluding carboxylic acids is 2. The topological polar surface area (TPSA) is 120 Å². The molecule has 0 aromatic carbocycles. The van der Waals surface area contributed by atoms with Crippen LogP contribution in [0, 0.1) is 0 Å². The molecule has 2 atom stereocenters. The van der Waals surface area contributed by atoms with Gasteiger partial charge in [0.2, 0.25) is 0 Å². The Morgan fingerprint density at radius 1 is 0.554 bits per heavy atom. The average molecular weight is 808 g/mol. The molecule has 0 aromatic rings. The zero-order valence-electron chi connectivity index (χ0n) is 35.8. The molecule has 0 radical (unpaired) electrons. The predicted octanol–water partition coefficient (Wildman–Crippen LogP) is 12.8. The van der Waals surface area contributed by atoms with Crippen molar-refractivity contribution in [3.8, 4) is 0 Å². The molecule has 2 unspecified atom stereocenters. The van der Waals surface area contributed by atoms with E-state index < -0.39 is 32.5 Å². The highest BCUT2D eigenvalue weighted by Crippen LogP contribution is 2.43. The average Bonchev–Trinajstić information content (AvgIpc) is 3.18. The summed E-state index contributed by atoms with van der Waals surface area (Å²) in [5.41, 5.74) is 0. The number of ether oxygens (including phenoxy) is 2. The number of allylic oxidation sites excluding steroid dienone is 10. The Balaban J connectivity index is 4.31. The van der Waals surface area contributed by atoms with Gasteiger partial charge in [-0.05, 0) is 84.1 Å². The monoisotopic (exact) mass is 808 g/mol. The molecular formula is C46H82NO8P. The lowest BCUT2D eigenvalue weighted by Crippen LogP contribution is -2.29. The van der Waals surface area contributed by atoms with Crippen LogP contribution < -0.4 is 5.32 Å². The number of likely N-dealkylation sites (N-methyl/N-ethyl adjacent to an activating group) is 1. The lowest BCUT2D eigenvalue weighted by atomic mass is 10.1. The van der Waals surface area contributed by atoms with Crippen LogP contribution in [-0.4, -0.2) is 56.3 Å². The standard InChI is InChI=1S/C46H82NO8P/c1-4-6-8-10-12-14-16-18-20-22-24-26-28-30-32-34-36-38-45(48)52-42-44(43-54-56(50,51)53-41-40-47-3)55-46(49)39-37-35-33-31-29-27-25-23-21-19-17-15-13-11-9-7-5-2/h12,14,18-21,24,26,30,32,44,47H,4-11,13,15-17,22-23,25,27-29,31,33-43H2,1-3H3,(H,50,51)/b14-12-,20-18-,21-19-,26-24-,32-30-. The minimum Gasteiger partial charge on any atom is -0.462 e. The van der Waals surface area contributed by atoms with Crippen molar-refractivity contribution in [2.24, 2.45) is 0 Å². The van der Waals surface area contributed by atoms with Crippen LogP contribution in [0.25, 0.3) is 0 Å². The number of nitrogens with one attached hydrogen (secondary N) is 1. The van der Waals surface area contributed by atoms with E-state index in [1.54, 1.807) is 7.05 Å². The van der Waals surface area contributed by atoms with Crippen LogP contribution in [-0.2, 0) is 32.7 Å². The molecule has 0 fully saturated rings. The summed E-state index contributed by atoms with van der Waals surface area (Å²) >= 11 is 0. The second-order valence-electron chi connectivity index (χ2n) is 14.5. The van der Waals surface area contributed by atoms with E-state index in [2.05, 4.69) is 79.9 Å². The van der Waals surface area contributed by atoms with Gasteiger partial charge >= 0.3 is 19.8 Å². The molecule has 0 aliphatic rings. The van der Waals surface area contributed by atoms with E-state index in [4.69, 9.17) is 18.5 Å². The Labute approximate surface area is 342 Å². The van der Waals surface area contributed by atoms with Gasteiger partial charge in [0, 0.05) is 19.4 Å². The minimum atomic E-state index is -4.36. The number of phosphoric ester groups is 1. The molecule has 324 valence electrons. The fourth-order valence-corrected chi connectivity index (χ4v) is 6.47. The first-order chi connectivity index (χ1) is 27.3. The van der Waals surface area contributed by atoms with Gasteiger partial charge < -0.3 is 19.7 Å². The van der Waals surface area contributed by atoms with Gasteiger partial charge in [-0.25, -0.2) is 4.57 Å². The minimum absolute atomic E-state index is 0.0283. The van der Waals surface area contributed by atoms with E-state index in [0.29, 0.717) is 19.4 Å². The van der Waals surface area contributed by atoms with Crippen molar-refractivity contribution in [3.63, 3.8) is 0 Å². The smallest absolute Gasteiger partial charge is 0.462 e. The van der Waals surface area contributed by atoms with Gasteiger partial charge in [-0.15, -0.1) is 0 Å². The normalized spacial score (nSPS) is 13.9. The maximum Gasteiger partial charge on any atom is 0.472 e. The van der Waals surface area contributed by atoms with E-state index in [-0.39, 0.29) is 26.1 Å². The van der Waals surface area contributed by atoms with Crippen molar-refractivity contribution >= 4 is 19.8 Å². The van der Waals surface area contributed by atoms with Crippen molar-refractivity contribution in [2.45, 2.75) is 187 Å². The van der Waals surface area contributed by atoms with E-state index in [9.17, 15) is 19.0 Å².